The number of esters is 1. The molecule has 4 rings (SSSR count). The molecule has 0 spiro atoms. The second-order valence-electron chi connectivity index (χ2n) is 11.3. The van der Waals surface area contributed by atoms with Crippen molar-refractivity contribution < 1.29 is 9.53 Å². The number of carbonyl (C=O) groups excluding carboxylic acids is 1. The van der Waals surface area contributed by atoms with Gasteiger partial charge in [-0.1, -0.05) is 71.1 Å². The molecule has 4 aliphatic rings. The van der Waals surface area contributed by atoms with Gasteiger partial charge < -0.3 is 4.74 Å². The van der Waals surface area contributed by atoms with Gasteiger partial charge in [-0.2, -0.15) is 0 Å². The topological polar surface area (TPSA) is 26.3 Å². The Bertz CT molecular complexity index is 453. The zero-order valence-electron chi connectivity index (χ0n) is 19.1. The van der Waals surface area contributed by atoms with Crippen molar-refractivity contribution in [3.8, 4) is 0 Å². The predicted molar refractivity (Wildman–Crippen MR) is 120 cm³/mol. The molecule has 4 fully saturated rings. The summed E-state index contributed by atoms with van der Waals surface area (Å²) in [6.07, 6.45) is 23.9. The summed E-state index contributed by atoms with van der Waals surface area (Å²) >= 11 is 0. The molecule has 0 aromatic heterocycles. The number of ether oxygens (including phenoxy) is 1. The number of fused-ring (bicyclic) bond motifs is 2. The zero-order valence-corrected chi connectivity index (χ0v) is 19.1. The molecule has 0 bridgehead atoms. The summed E-state index contributed by atoms with van der Waals surface area (Å²) in [4.78, 5) is 12.6. The number of unbranched alkanes of at least 4 members (excludes halogenated alkanes) is 2. The number of rotatable bonds is 9. The van der Waals surface area contributed by atoms with Crippen molar-refractivity contribution in [3.05, 3.63) is 0 Å². The van der Waals surface area contributed by atoms with Crippen molar-refractivity contribution in [2.75, 3.05) is 0 Å². The van der Waals surface area contributed by atoms with Gasteiger partial charge in [-0.15, -0.1) is 0 Å². The van der Waals surface area contributed by atoms with Crippen LogP contribution in [0.25, 0.3) is 0 Å². The maximum Gasteiger partial charge on any atom is 0.306 e. The van der Waals surface area contributed by atoms with Gasteiger partial charge in [0.25, 0.3) is 0 Å². The normalized spacial score (nSPS) is 37.7. The van der Waals surface area contributed by atoms with Crippen LogP contribution in [0, 0.1) is 35.5 Å². The third-order valence-electron chi connectivity index (χ3n) is 9.15. The zero-order chi connectivity index (χ0) is 20.1. The number of hydrogen-bond acceptors (Lipinski definition) is 2. The van der Waals surface area contributed by atoms with Crippen LogP contribution in [0.5, 0.6) is 0 Å². The maximum absolute atomic E-state index is 12.6. The van der Waals surface area contributed by atoms with Crippen molar-refractivity contribution in [1.82, 2.24) is 0 Å². The predicted octanol–water partition coefficient (Wildman–Crippen LogP) is 7.69. The molecule has 166 valence electrons. The van der Waals surface area contributed by atoms with E-state index < -0.39 is 0 Å². The number of hydrogen-bond donors (Lipinski definition) is 0. The van der Waals surface area contributed by atoms with E-state index in [9.17, 15) is 4.79 Å². The average molecular weight is 403 g/mol. The highest BCUT2D eigenvalue weighted by Gasteiger charge is 2.40. The fraction of sp³-hybridized carbons (Fsp3) is 0.963. The van der Waals surface area contributed by atoms with Gasteiger partial charge in [0, 0.05) is 6.42 Å². The highest BCUT2D eigenvalue weighted by atomic mass is 16.5. The van der Waals surface area contributed by atoms with Gasteiger partial charge in [0.1, 0.15) is 6.10 Å². The monoisotopic (exact) mass is 402 g/mol. The Morgan fingerprint density at radius 1 is 0.759 bits per heavy atom. The second kappa shape index (κ2) is 10.7. The van der Waals surface area contributed by atoms with E-state index in [2.05, 4.69) is 6.92 Å². The van der Waals surface area contributed by atoms with E-state index in [-0.39, 0.29) is 12.1 Å². The highest BCUT2D eigenvalue weighted by molar-refractivity contribution is 5.69. The largest absolute Gasteiger partial charge is 0.462 e. The molecular weight excluding hydrogens is 356 g/mol. The highest BCUT2D eigenvalue weighted by Crippen LogP contribution is 2.49. The van der Waals surface area contributed by atoms with Crippen LogP contribution in [0.2, 0.25) is 0 Å². The van der Waals surface area contributed by atoms with E-state index in [1.165, 1.54) is 96.3 Å². The Morgan fingerprint density at radius 3 is 1.62 bits per heavy atom. The lowest BCUT2D eigenvalue weighted by Gasteiger charge is -2.24. The molecule has 29 heavy (non-hydrogen) atoms. The van der Waals surface area contributed by atoms with Crippen LogP contribution in [-0.4, -0.2) is 12.1 Å². The summed E-state index contributed by atoms with van der Waals surface area (Å²) in [5, 5.41) is 0. The Hall–Kier alpha value is -0.530. The van der Waals surface area contributed by atoms with Crippen molar-refractivity contribution in [3.63, 3.8) is 0 Å². The summed E-state index contributed by atoms with van der Waals surface area (Å²) in [5.41, 5.74) is 0. The first-order valence-electron chi connectivity index (χ1n) is 13.4. The Balaban J connectivity index is 1.31. The minimum absolute atomic E-state index is 0.0919. The third kappa shape index (κ3) is 6.01. The van der Waals surface area contributed by atoms with E-state index in [0.717, 1.165) is 48.3 Å². The van der Waals surface area contributed by atoms with Crippen LogP contribution in [0.4, 0.5) is 0 Å². The van der Waals surface area contributed by atoms with E-state index in [4.69, 9.17) is 4.74 Å². The molecule has 0 aliphatic heterocycles. The molecule has 0 N–H and O–H groups in total. The van der Waals surface area contributed by atoms with Crippen LogP contribution in [0.3, 0.4) is 0 Å². The van der Waals surface area contributed by atoms with E-state index >= 15 is 0 Å². The molecule has 2 heteroatoms. The molecule has 4 unspecified atom stereocenters. The molecule has 0 saturated heterocycles. The quantitative estimate of drug-likeness (QED) is 0.292. The molecule has 0 amide bonds. The van der Waals surface area contributed by atoms with E-state index in [0.29, 0.717) is 6.42 Å². The molecule has 2 nitrogen and oxygen atoms in total. The Morgan fingerprint density at radius 2 is 1.21 bits per heavy atom. The van der Waals surface area contributed by atoms with Crippen molar-refractivity contribution in [2.45, 2.75) is 129 Å². The maximum atomic E-state index is 12.6. The number of carbonyl (C=O) groups is 1. The summed E-state index contributed by atoms with van der Waals surface area (Å²) in [7, 11) is 0. The third-order valence-corrected chi connectivity index (χ3v) is 9.15. The van der Waals surface area contributed by atoms with E-state index in [1.54, 1.807) is 0 Å². The molecular formula is C27H46O2. The van der Waals surface area contributed by atoms with Gasteiger partial charge in [-0.05, 0) is 80.5 Å². The summed E-state index contributed by atoms with van der Waals surface area (Å²) in [6, 6.07) is 0. The van der Waals surface area contributed by atoms with Gasteiger partial charge in [0.15, 0.2) is 0 Å². The summed E-state index contributed by atoms with van der Waals surface area (Å²) < 4.78 is 6.19. The van der Waals surface area contributed by atoms with Gasteiger partial charge in [0.05, 0.1) is 0 Å². The SMILES string of the molecule is CCCCCC(=O)OC(CC1CC2CCCCC2C1)CC1CC2CCCCC2C1. The minimum Gasteiger partial charge on any atom is -0.462 e. The average Bonchev–Trinajstić information content (AvgIpc) is 3.30. The van der Waals surface area contributed by atoms with Gasteiger partial charge in [-0.25, -0.2) is 0 Å². The Kier molecular flexibility index (Phi) is 7.98. The standard InChI is InChI=1S/C27H46O2/c1-2-3-4-13-27(28)29-26(18-20-14-22-9-5-6-10-23(22)15-20)19-21-16-24-11-7-8-12-25(24)17-21/h20-26H,2-19H2,1H3. The second-order valence-corrected chi connectivity index (χ2v) is 11.3. The molecule has 0 aromatic carbocycles. The van der Waals surface area contributed by atoms with Crippen molar-refractivity contribution in [1.29, 1.82) is 0 Å². The Labute approximate surface area is 179 Å². The lowest BCUT2D eigenvalue weighted by atomic mass is 9.82. The van der Waals surface area contributed by atoms with Gasteiger partial charge in [0.2, 0.25) is 0 Å². The summed E-state index contributed by atoms with van der Waals surface area (Å²) in [5.74, 6) is 5.69. The molecule has 4 saturated carbocycles. The van der Waals surface area contributed by atoms with Crippen molar-refractivity contribution >= 4 is 5.97 Å². The fourth-order valence-electron chi connectivity index (χ4n) is 7.80. The molecule has 4 atom stereocenters. The van der Waals surface area contributed by atoms with Crippen LogP contribution < -0.4 is 0 Å². The molecule has 0 radical (unpaired) electrons. The smallest absolute Gasteiger partial charge is 0.306 e. The van der Waals surface area contributed by atoms with Crippen LogP contribution in [0.15, 0.2) is 0 Å². The van der Waals surface area contributed by atoms with Gasteiger partial charge >= 0.3 is 5.97 Å². The van der Waals surface area contributed by atoms with Crippen molar-refractivity contribution in [2.24, 2.45) is 35.5 Å². The lowest BCUT2D eigenvalue weighted by molar-refractivity contribution is -0.151. The molecule has 4 aliphatic carbocycles. The first kappa shape index (κ1) is 21.7. The van der Waals surface area contributed by atoms with Crippen LogP contribution in [-0.2, 0) is 9.53 Å². The molecule has 0 heterocycles. The fourth-order valence-corrected chi connectivity index (χ4v) is 7.80. The van der Waals surface area contributed by atoms with Crippen LogP contribution in [0.1, 0.15) is 122 Å². The van der Waals surface area contributed by atoms with E-state index in [1.807, 2.05) is 0 Å². The lowest BCUT2D eigenvalue weighted by Crippen LogP contribution is -2.23. The first-order valence-corrected chi connectivity index (χ1v) is 13.4. The first-order chi connectivity index (χ1) is 14.2. The van der Waals surface area contributed by atoms with Gasteiger partial charge in [-0.3, -0.25) is 4.79 Å². The van der Waals surface area contributed by atoms with Crippen LogP contribution >= 0.6 is 0 Å². The minimum atomic E-state index is 0.0919. The molecule has 0 aromatic rings. The summed E-state index contributed by atoms with van der Waals surface area (Å²) in [6.45, 7) is 2.20.